The van der Waals surface area contributed by atoms with E-state index in [9.17, 15) is 27.6 Å². The molecule has 9 nitrogen and oxygen atoms in total. The smallest absolute Gasteiger partial charge is 0.416 e. The fraction of sp³-hybridized carbons (Fsp3) is 0.318. The first-order chi connectivity index (χ1) is 16.8. The van der Waals surface area contributed by atoms with Crippen LogP contribution in [0.3, 0.4) is 0 Å². The van der Waals surface area contributed by atoms with Crippen LogP contribution in [0.1, 0.15) is 59.6 Å². The molecule has 194 valence electrons. The number of hydrogen-bond donors (Lipinski definition) is 4. The third kappa shape index (κ3) is 9.00. The molecular weight excluding hydrogens is 526 g/mol. The minimum atomic E-state index is -4.71. The topological polar surface area (TPSA) is 161 Å². The maximum Gasteiger partial charge on any atom is 0.416 e. The Morgan fingerprint density at radius 1 is 1.08 bits per heavy atom. The Morgan fingerprint density at radius 3 is 2.33 bits per heavy atom. The van der Waals surface area contributed by atoms with E-state index in [4.69, 9.17) is 39.8 Å². The van der Waals surface area contributed by atoms with Crippen molar-refractivity contribution in [2.75, 3.05) is 0 Å². The fourth-order valence-electron chi connectivity index (χ4n) is 3.18. The lowest BCUT2D eigenvalue weighted by molar-refractivity contribution is -0.138. The summed E-state index contributed by atoms with van der Waals surface area (Å²) in [7, 11) is 0. The van der Waals surface area contributed by atoms with Crippen LogP contribution in [0.2, 0.25) is 10.2 Å². The molecule has 0 radical (unpaired) electrons. The van der Waals surface area contributed by atoms with E-state index in [0.717, 1.165) is 12.1 Å². The maximum atomic E-state index is 13.2. The van der Waals surface area contributed by atoms with Gasteiger partial charge in [-0.2, -0.15) is 13.2 Å². The second kappa shape index (κ2) is 12.5. The molecule has 36 heavy (non-hydrogen) atoms. The Bertz CT molecular complexity index is 1170. The number of pyridine rings is 1. The Labute approximate surface area is 213 Å². The van der Waals surface area contributed by atoms with Gasteiger partial charge in [-0.3, -0.25) is 14.4 Å². The molecule has 0 saturated heterocycles. The van der Waals surface area contributed by atoms with Gasteiger partial charge >= 0.3 is 12.1 Å². The standard InChI is InChI=1S/C22H22Cl2F3N5O4/c23-15-7-12(10-30-20(15)24)16(9-19(35)36)32-18(34)4-2-1-3-17(33)11-5-13(22(25,26)27)8-14(6-11)31-21(28)29/h5-8,10,16H,1-4,9H2,(H,32,34)(H,35,36)(H4,28,29,31). The molecule has 1 amide bonds. The number of nitrogens with two attached hydrogens (primary N) is 2. The summed E-state index contributed by atoms with van der Waals surface area (Å²) in [5, 5.41) is 11.8. The molecule has 0 aliphatic carbocycles. The van der Waals surface area contributed by atoms with E-state index in [1.165, 1.54) is 12.3 Å². The van der Waals surface area contributed by atoms with Crippen LogP contribution in [0.5, 0.6) is 0 Å². The highest BCUT2D eigenvalue weighted by atomic mass is 35.5. The highest BCUT2D eigenvalue weighted by Crippen LogP contribution is 2.33. The van der Waals surface area contributed by atoms with E-state index in [-0.39, 0.29) is 47.1 Å². The van der Waals surface area contributed by atoms with Gasteiger partial charge in [0.15, 0.2) is 11.7 Å². The Morgan fingerprint density at radius 2 is 1.75 bits per heavy atom. The number of alkyl halides is 3. The number of halogens is 5. The van der Waals surface area contributed by atoms with Gasteiger partial charge in [0.05, 0.1) is 28.7 Å². The molecule has 0 aliphatic rings. The second-order valence-corrected chi connectivity index (χ2v) is 8.46. The molecule has 1 heterocycles. The number of nitrogens with one attached hydrogen (secondary N) is 1. The van der Waals surface area contributed by atoms with Gasteiger partial charge in [0.2, 0.25) is 5.91 Å². The molecule has 14 heteroatoms. The number of guanidine groups is 1. The highest BCUT2D eigenvalue weighted by molar-refractivity contribution is 6.41. The van der Waals surface area contributed by atoms with E-state index in [0.29, 0.717) is 11.6 Å². The SMILES string of the molecule is NC(N)=Nc1cc(C(=O)CCCCC(=O)NC(CC(=O)O)c2cnc(Cl)c(Cl)c2)cc(C(F)(F)F)c1. The molecule has 1 aromatic carbocycles. The second-order valence-electron chi connectivity index (χ2n) is 7.69. The number of aliphatic carboxylic acids is 1. The first-order valence-electron chi connectivity index (χ1n) is 10.4. The molecule has 0 aliphatic heterocycles. The van der Waals surface area contributed by atoms with E-state index >= 15 is 0 Å². The predicted octanol–water partition coefficient (Wildman–Crippen LogP) is 4.39. The molecule has 2 rings (SSSR count). The summed E-state index contributed by atoms with van der Waals surface area (Å²) in [6.45, 7) is 0. The van der Waals surface area contributed by atoms with Crippen LogP contribution in [0.15, 0.2) is 35.5 Å². The first-order valence-corrected chi connectivity index (χ1v) is 11.2. The Balaban J connectivity index is 1.98. The zero-order valence-corrected chi connectivity index (χ0v) is 20.1. The van der Waals surface area contributed by atoms with Crippen LogP contribution in [0.25, 0.3) is 0 Å². The Hall–Kier alpha value is -3.38. The average Bonchev–Trinajstić information content (AvgIpc) is 2.76. The number of nitrogens with zero attached hydrogens (tertiary/aromatic N) is 2. The molecular formula is C22H22Cl2F3N5O4. The van der Waals surface area contributed by atoms with Gasteiger partial charge in [-0.25, -0.2) is 9.98 Å². The van der Waals surface area contributed by atoms with Crippen LogP contribution >= 0.6 is 23.2 Å². The number of benzene rings is 1. The predicted molar refractivity (Wildman–Crippen MR) is 127 cm³/mol. The molecule has 6 N–H and O–H groups in total. The maximum absolute atomic E-state index is 13.2. The van der Waals surface area contributed by atoms with Gasteiger partial charge in [0.1, 0.15) is 5.15 Å². The molecule has 1 unspecified atom stereocenters. The van der Waals surface area contributed by atoms with E-state index in [2.05, 4.69) is 15.3 Å². The summed E-state index contributed by atoms with van der Waals surface area (Å²) in [5.74, 6) is -2.71. The van der Waals surface area contributed by atoms with Crippen molar-refractivity contribution in [3.8, 4) is 0 Å². The number of aliphatic imine (C=N–C) groups is 1. The highest BCUT2D eigenvalue weighted by Gasteiger charge is 2.32. The van der Waals surface area contributed by atoms with Crippen LogP contribution in [-0.4, -0.2) is 33.7 Å². The summed E-state index contributed by atoms with van der Waals surface area (Å²) in [4.78, 5) is 43.4. The summed E-state index contributed by atoms with van der Waals surface area (Å²) in [6, 6.07) is 3.05. The molecule has 1 aromatic heterocycles. The summed E-state index contributed by atoms with van der Waals surface area (Å²) >= 11 is 11.7. The van der Waals surface area contributed by atoms with Gasteiger partial charge in [-0.15, -0.1) is 0 Å². The minimum absolute atomic E-state index is 0.0247. The van der Waals surface area contributed by atoms with Crippen molar-refractivity contribution < 1.29 is 32.7 Å². The van der Waals surface area contributed by atoms with Crippen molar-refractivity contribution >= 4 is 52.5 Å². The zero-order chi connectivity index (χ0) is 27.0. The largest absolute Gasteiger partial charge is 0.481 e. The van der Waals surface area contributed by atoms with Gasteiger partial charge in [-0.05, 0) is 42.7 Å². The van der Waals surface area contributed by atoms with Crippen LogP contribution < -0.4 is 16.8 Å². The molecule has 2 aromatic rings. The number of hydrogen-bond acceptors (Lipinski definition) is 5. The number of rotatable bonds is 11. The summed E-state index contributed by atoms with van der Waals surface area (Å²) < 4.78 is 39.5. The minimum Gasteiger partial charge on any atom is -0.481 e. The third-order valence-electron chi connectivity index (χ3n) is 4.82. The average molecular weight is 548 g/mol. The number of carbonyl (C=O) groups excluding carboxylic acids is 2. The lowest BCUT2D eigenvalue weighted by atomic mass is 10.0. The number of Topliss-reactive ketones (excluding diaryl/α,β-unsaturated/α-hetero) is 1. The number of carbonyl (C=O) groups is 3. The lowest BCUT2D eigenvalue weighted by Crippen LogP contribution is -2.30. The summed E-state index contributed by atoms with van der Waals surface area (Å²) in [6.07, 6.45) is -3.62. The van der Waals surface area contributed by atoms with Crippen molar-refractivity contribution in [3.05, 3.63) is 57.3 Å². The van der Waals surface area contributed by atoms with Crippen LogP contribution in [0.4, 0.5) is 18.9 Å². The quantitative estimate of drug-likeness (QED) is 0.107. The van der Waals surface area contributed by atoms with Crippen molar-refractivity contribution in [1.29, 1.82) is 0 Å². The van der Waals surface area contributed by atoms with Crippen molar-refractivity contribution in [2.24, 2.45) is 16.5 Å². The van der Waals surface area contributed by atoms with E-state index in [1.807, 2.05) is 0 Å². The normalized spacial score (nSPS) is 12.0. The monoisotopic (exact) mass is 547 g/mol. The summed E-state index contributed by atoms with van der Waals surface area (Å²) in [5.41, 5.74) is 9.28. The zero-order valence-electron chi connectivity index (χ0n) is 18.6. The van der Waals surface area contributed by atoms with Crippen molar-refractivity contribution in [2.45, 2.75) is 44.3 Å². The van der Waals surface area contributed by atoms with Crippen LogP contribution in [-0.2, 0) is 15.8 Å². The third-order valence-corrected chi connectivity index (χ3v) is 5.50. The van der Waals surface area contributed by atoms with Gasteiger partial charge in [0.25, 0.3) is 0 Å². The Kier molecular flexibility index (Phi) is 10.1. The van der Waals surface area contributed by atoms with E-state index in [1.54, 1.807) is 0 Å². The molecule has 0 saturated carbocycles. The number of carboxylic acid groups (broad SMARTS) is 1. The van der Waals surface area contributed by atoms with Crippen LogP contribution in [0, 0.1) is 0 Å². The van der Waals surface area contributed by atoms with Crippen molar-refractivity contribution in [1.82, 2.24) is 10.3 Å². The molecule has 1 atom stereocenters. The van der Waals surface area contributed by atoms with Gasteiger partial charge in [-0.1, -0.05) is 23.2 Å². The lowest BCUT2D eigenvalue weighted by Gasteiger charge is -2.17. The fourth-order valence-corrected chi connectivity index (χ4v) is 3.46. The number of ketones is 1. The number of aromatic nitrogens is 1. The molecule has 0 fully saturated rings. The number of unbranched alkanes of at least 4 members (excludes halogenated alkanes) is 1. The molecule has 0 spiro atoms. The van der Waals surface area contributed by atoms with Gasteiger partial charge in [0, 0.05) is 24.6 Å². The van der Waals surface area contributed by atoms with Crippen molar-refractivity contribution in [3.63, 3.8) is 0 Å². The van der Waals surface area contributed by atoms with Gasteiger partial charge < -0.3 is 21.9 Å². The number of amides is 1. The number of carboxylic acids is 1. The molecule has 0 bridgehead atoms. The van der Waals surface area contributed by atoms with E-state index < -0.39 is 47.8 Å². The first kappa shape index (κ1) is 28.9.